The topological polar surface area (TPSA) is 137 Å². The van der Waals surface area contributed by atoms with E-state index in [0.29, 0.717) is 10.8 Å². The van der Waals surface area contributed by atoms with Crippen molar-refractivity contribution < 1.29 is 29.7 Å². The van der Waals surface area contributed by atoms with Crippen LogP contribution in [0.3, 0.4) is 0 Å². The van der Waals surface area contributed by atoms with Gasteiger partial charge in [0.05, 0.1) is 4.91 Å². The minimum Gasteiger partial charge on any atom is -0.506 e. The third kappa shape index (κ3) is 4.38. The fourth-order valence-corrected chi connectivity index (χ4v) is 7.73. The van der Waals surface area contributed by atoms with Crippen LogP contribution in [0.25, 0.3) is 0 Å². The number of carboxylic acids is 1. The van der Waals surface area contributed by atoms with Crippen LogP contribution in [-0.4, -0.2) is 38.0 Å². The number of Topliss-reactive ketones (excluding diaryl/α,β-unsaturated/α-hetero) is 1. The zero-order valence-electron chi connectivity index (χ0n) is 21.1. The van der Waals surface area contributed by atoms with Crippen LogP contribution in [0.15, 0.2) is 64.7 Å². The molecule has 4 atom stereocenters. The first kappa shape index (κ1) is 26.0. The van der Waals surface area contributed by atoms with E-state index in [1.807, 2.05) is 25.1 Å². The van der Waals surface area contributed by atoms with Crippen molar-refractivity contribution in [1.29, 1.82) is 0 Å². The lowest BCUT2D eigenvalue weighted by Gasteiger charge is -2.59. The number of rotatable bonds is 7. The predicted molar refractivity (Wildman–Crippen MR) is 143 cm³/mol. The highest BCUT2D eigenvalue weighted by atomic mass is 32.2. The summed E-state index contributed by atoms with van der Waals surface area (Å²) in [6.45, 7) is 6.28. The van der Waals surface area contributed by atoms with Crippen LogP contribution >= 0.6 is 11.8 Å². The number of ketones is 1. The van der Waals surface area contributed by atoms with E-state index in [2.05, 4.69) is 23.0 Å². The summed E-state index contributed by atoms with van der Waals surface area (Å²) in [6.07, 6.45) is 7.74. The molecule has 3 saturated carbocycles. The number of carboxylic acid groups (broad SMARTS) is 1. The van der Waals surface area contributed by atoms with Crippen molar-refractivity contribution in [2.75, 3.05) is 5.32 Å². The Morgan fingerprint density at radius 3 is 2.71 bits per heavy atom. The zero-order chi connectivity index (χ0) is 27.2. The SMILES string of the molecule is C=C1C[C@]23C=C(Sc4ccccn4)C(=O)[C@@](C)(CCC(=O)Nc4c(O)ccc(C(=O)O)c4O)[C@@H]2C[C@@H]1CC3. The van der Waals surface area contributed by atoms with Crippen molar-refractivity contribution in [3.05, 3.63) is 65.2 Å². The number of aromatic carboxylic acids is 1. The van der Waals surface area contributed by atoms with Crippen LogP contribution in [-0.2, 0) is 9.59 Å². The Balaban J connectivity index is 1.42. The molecule has 2 bridgehead atoms. The first-order valence-corrected chi connectivity index (χ1v) is 13.5. The lowest BCUT2D eigenvalue weighted by Crippen LogP contribution is -2.55. The number of carbonyl (C=O) groups is 3. The van der Waals surface area contributed by atoms with Crippen molar-refractivity contribution in [2.24, 2.45) is 22.7 Å². The quantitative estimate of drug-likeness (QED) is 0.269. The molecular weight excluding hydrogens is 504 g/mol. The number of phenols is 2. The number of hydrogen-bond acceptors (Lipinski definition) is 7. The molecule has 2 aromatic rings. The lowest BCUT2D eigenvalue weighted by atomic mass is 9.44. The van der Waals surface area contributed by atoms with E-state index in [1.165, 1.54) is 17.3 Å². The number of allylic oxidation sites excluding steroid dienone is 3. The molecule has 9 heteroatoms. The van der Waals surface area contributed by atoms with Gasteiger partial charge < -0.3 is 20.6 Å². The molecule has 0 aliphatic heterocycles. The molecule has 38 heavy (non-hydrogen) atoms. The van der Waals surface area contributed by atoms with Gasteiger partial charge in [-0.2, -0.15) is 0 Å². The number of pyridine rings is 1. The van der Waals surface area contributed by atoms with Crippen LogP contribution < -0.4 is 5.32 Å². The van der Waals surface area contributed by atoms with Crippen LogP contribution in [0.5, 0.6) is 11.5 Å². The second-order valence-electron chi connectivity index (χ2n) is 10.8. The number of thioether (sulfide) groups is 1. The molecule has 1 spiro atoms. The summed E-state index contributed by atoms with van der Waals surface area (Å²) in [5.41, 5.74) is -0.575. The smallest absolute Gasteiger partial charge is 0.339 e. The molecule has 8 nitrogen and oxygen atoms in total. The van der Waals surface area contributed by atoms with Gasteiger partial charge in [0.25, 0.3) is 0 Å². The molecule has 4 aliphatic rings. The molecule has 1 aromatic heterocycles. The van der Waals surface area contributed by atoms with Crippen molar-refractivity contribution in [1.82, 2.24) is 4.98 Å². The molecule has 0 radical (unpaired) electrons. The largest absolute Gasteiger partial charge is 0.506 e. The maximum Gasteiger partial charge on any atom is 0.339 e. The molecule has 4 N–H and O–H groups in total. The summed E-state index contributed by atoms with van der Waals surface area (Å²) in [7, 11) is 0. The number of fused-ring (bicyclic) bond motifs is 2. The minimum absolute atomic E-state index is 0.00620. The van der Waals surface area contributed by atoms with E-state index in [0.717, 1.165) is 42.8 Å². The highest BCUT2D eigenvalue weighted by Crippen LogP contribution is 2.66. The second kappa shape index (κ2) is 9.62. The van der Waals surface area contributed by atoms with E-state index in [1.54, 1.807) is 6.20 Å². The van der Waals surface area contributed by atoms with Gasteiger partial charge in [0.1, 0.15) is 22.0 Å². The summed E-state index contributed by atoms with van der Waals surface area (Å²) in [5.74, 6) is -2.65. The van der Waals surface area contributed by atoms with Gasteiger partial charge in [-0.1, -0.05) is 43.0 Å². The molecule has 4 aliphatic carbocycles. The summed E-state index contributed by atoms with van der Waals surface area (Å²) >= 11 is 1.36. The normalized spacial score (nSPS) is 28.0. The second-order valence-corrected chi connectivity index (χ2v) is 11.9. The number of amides is 1. The molecule has 0 saturated heterocycles. The summed E-state index contributed by atoms with van der Waals surface area (Å²) < 4.78 is 0. The van der Waals surface area contributed by atoms with Crippen LogP contribution in [0.2, 0.25) is 0 Å². The van der Waals surface area contributed by atoms with Crippen molar-refractivity contribution >= 4 is 35.1 Å². The van der Waals surface area contributed by atoms with Gasteiger partial charge in [-0.15, -0.1) is 0 Å². The van der Waals surface area contributed by atoms with Gasteiger partial charge >= 0.3 is 5.97 Å². The summed E-state index contributed by atoms with van der Waals surface area (Å²) in [4.78, 5) is 43.4. The Morgan fingerprint density at radius 1 is 1.24 bits per heavy atom. The number of phenolic OH excluding ortho intramolecular Hbond substituents is 1. The van der Waals surface area contributed by atoms with Crippen LogP contribution in [0, 0.1) is 22.7 Å². The number of benzene rings is 1. The standard InChI is InChI=1S/C29H30N2O6S/c1-16-14-29-11-8-17(16)13-21(29)28(2,26(35)20(15-29)38-23-5-3-4-12-30-23)10-9-22(33)31-24-19(32)7-6-18(25(24)34)27(36)37/h3-7,12,15,17,21,32,34H,1,8-11,13-14H2,2H3,(H,31,33)(H,36,37)/t17-,21-,28-,29+/m0/s1. The van der Waals surface area contributed by atoms with Crippen molar-refractivity contribution in [2.45, 2.75) is 50.5 Å². The summed E-state index contributed by atoms with van der Waals surface area (Å²) in [5, 5.41) is 32.9. The van der Waals surface area contributed by atoms with Crippen LogP contribution in [0.4, 0.5) is 5.69 Å². The maximum atomic E-state index is 14.0. The summed E-state index contributed by atoms with van der Waals surface area (Å²) in [6, 6.07) is 7.74. The molecular formula is C29H30N2O6S. The fraction of sp³-hybridized carbons (Fsp3) is 0.379. The fourth-order valence-electron chi connectivity index (χ4n) is 6.62. The van der Waals surface area contributed by atoms with E-state index in [9.17, 15) is 29.7 Å². The molecule has 1 amide bonds. The van der Waals surface area contributed by atoms with E-state index in [4.69, 9.17) is 0 Å². The highest BCUT2D eigenvalue weighted by Gasteiger charge is 2.60. The number of anilines is 1. The number of nitrogens with zero attached hydrogens (tertiary/aromatic N) is 1. The number of nitrogens with one attached hydrogen (secondary N) is 1. The number of aromatic nitrogens is 1. The van der Waals surface area contributed by atoms with Gasteiger partial charge in [-0.25, -0.2) is 9.78 Å². The van der Waals surface area contributed by atoms with Crippen molar-refractivity contribution in [3.63, 3.8) is 0 Å². The van der Waals surface area contributed by atoms with Gasteiger partial charge in [-0.3, -0.25) is 9.59 Å². The average molecular weight is 535 g/mol. The Bertz CT molecular complexity index is 1370. The van der Waals surface area contributed by atoms with Crippen LogP contribution in [0.1, 0.15) is 55.8 Å². The van der Waals surface area contributed by atoms with Gasteiger partial charge in [0, 0.05) is 18.0 Å². The number of aromatic hydroxyl groups is 2. The third-order valence-corrected chi connectivity index (χ3v) is 9.58. The monoisotopic (exact) mass is 534 g/mol. The molecule has 1 heterocycles. The van der Waals surface area contributed by atoms with Gasteiger partial charge in [0.2, 0.25) is 5.91 Å². The number of hydrogen-bond donors (Lipinski definition) is 4. The molecule has 1 aromatic carbocycles. The van der Waals surface area contributed by atoms with E-state index in [-0.39, 0.29) is 35.6 Å². The zero-order valence-corrected chi connectivity index (χ0v) is 21.9. The Labute approximate surface area is 224 Å². The first-order valence-electron chi connectivity index (χ1n) is 12.7. The van der Waals surface area contributed by atoms with E-state index < -0.39 is 34.4 Å². The number of carbonyl (C=O) groups excluding carboxylic acids is 2. The molecule has 6 rings (SSSR count). The molecule has 0 unspecified atom stereocenters. The Kier molecular flexibility index (Phi) is 6.59. The third-order valence-electron chi connectivity index (χ3n) is 8.61. The van der Waals surface area contributed by atoms with Gasteiger partial charge in [-0.05, 0) is 73.6 Å². The average Bonchev–Trinajstić information content (AvgIpc) is 2.88. The Hall–Kier alpha value is -3.59. The van der Waals surface area contributed by atoms with Crippen molar-refractivity contribution in [3.8, 4) is 11.5 Å². The maximum absolute atomic E-state index is 14.0. The predicted octanol–water partition coefficient (Wildman–Crippen LogP) is 5.54. The Morgan fingerprint density at radius 2 is 2.03 bits per heavy atom. The molecule has 198 valence electrons. The van der Waals surface area contributed by atoms with E-state index >= 15 is 0 Å². The lowest BCUT2D eigenvalue weighted by molar-refractivity contribution is -0.136. The minimum atomic E-state index is -1.39. The van der Waals surface area contributed by atoms with Gasteiger partial charge in [0.15, 0.2) is 11.5 Å². The molecule has 3 fully saturated rings. The first-order chi connectivity index (χ1) is 18.0. The highest BCUT2D eigenvalue weighted by molar-refractivity contribution is 8.04.